The standard InChI is InChI=1S/C25H19N3O3/c29-23(16-28-24(30)15-14-20(27-28)17-8-2-1-3-9-17)26-25-18-10-4-6-12-21(18)31-22-13-7-5-11-19(22)25/h1-15,25H,16H2,(H,26,29). The molecule has 6 nitrogen and oxygen atoms in total. The fourth-order valence-corrected chi connectivity index (χ4v) is 3.73. The summed E-state index contributed by atoms with van der Waals surface area (Å²) in [4.78, 5) is 25.3. The van der Waals surface area contributed by atoms with Crippen molar-refractivity contribution in [3.63, 3.8) is 0 Å². The molecule has 0 bridgehead atoms. The summed E-state index contributed by atoms with van der Waals surface area (Å²) in [6.45, 7) is -0.179. The van der Waals surface area contributed by atoms with Gasteiger partial charge >= 0.3 is 0 Å². The quantitative estimate of drug-likeness (QED) is 0.554. The van der Waals surface area contributed by atoms with Gasteiger partial charge in [0.25, 0.3) is 5.56 Å². The Kier molecular flexibility index (Phi) is 4.80. The number of carbonyl (C=O) groups excluding carboxylic acids is 1. The molecule has 1 aliphatic heterocycles. The third-order valence-electron chi connectivity index (χ3n) is 5.21. The summed E-state index contributed by atoms with van der Waals surface area (Å²) in [5.41, 5.74) is 2.92. The molecule has 3 aromatic carbocycles. The summed E-state index contributed by atoms with van der Waals surface area (Å²) in [7, 11) is 0. The average Bonchev–Trinajstić information content (AvgIpc) is 2.81. The van der Waals surface area contributed by atoms with E-state index in [-0.39, 0.29) is 24.1 Å². The molecule has 0 saturated carbocycles. The van der Waals surface area contributed by atoms with E-state index in [4.69, 9.17) is 4.74 Å². The molecule has 31 heavy (non-hydrogen) atoms. The molecule has 4 aromatic rings. The van der Waals surface area contributed by atoms with E-state index in [0.29, 0.717) is 17.2 Å². The number of para-hydroxylation sites is 2. The predicted octanol–water partition coefficient (Wildman–Crippen LogP) is 3.92. The van der Waals surface area contributed by atoms with Crippen molar-refractivity contribution >= 4 is 5.91 Å². The third kappa shape index (κ3) is 3.71. The molecule has 1 aromatic heterocycles. The largest absolute Gasteiger partial charge is 0.457 e. The molecule has 2 heterocycles. The van der Waals surface area contributed by atoms with Gasteiger partial charge in [-0.15, -0.1) is 0 Å². The molecule has 0 radical (unpaired) electrons. The number of carbonyl (C=O) groups is 1. The van der Waals surface area contributed by atoms with Crippen LogP contribution in [0, 0.1) is 0 Å². The Balaban J connectivity index is 1.43. The van der Waals surface area contributed by atoms with Gasteiger partial charge < -0.3 is 10.1 Å². The molecule has 0 aliphatic carbocycles. The lowest BCUT2D eigenvalue weighted by atomic mass is 9.94. The van der Waals surface area contributed by atoms with Crippen LogP contribution in [0.4, 0.5) is 0 Å². The first kappa shape index (κ1) is 18.8. The molecule has 6 heteroatoms. The van der Waals surface area contributed by atoms with Crippen molar-refractivity contribution in [1.82, 2.24) is 15.1 Å². The summed E-state index contributed by atoms with van der Waals surface area (Å²) in [5, 5.41) is 7.43. The van der Waals surface area contributed by atoms with Gasteiger partial charge in [-0.3, -0.25) is 9.59 Å². The van der Waals surface area contributed by atoms with Gasteiger partial charge in [0.05, 0.1) is 11.7 Å². The minimum atomic E-state index is -0.373. The molecule has 1 N–H and O–H groups in total. The summed E-state index contributed by atoms with van der Waals surface area (Å²) in [5.74, 6) is 1.09. The van der Waals surface area contributed by atoms with E-state index < -0.39 is 0 Å². The maximum Gasteiger partial charge on any atom is 0.267 e. The lowest BCUT2D eigenvalue weighted by Crippen LogP contribution is -2.36. The Hall–Kier alpha value is -4.19. The van der Waals surface area contributed by atoms with E-state index in [9.17, 15) is 9.59 Å². The molecule has 1 amide bonds. The van der Waals surface area contributed by atoms with Crippen molar-refractivity contribution in [2.75, 3.05) is 0 Å². The monoisotopic (exact) mass is 409 g/mol. The number of amides is 1. The minimum Gasteiger partial charge on any atom is -0.457 e. The van der Waals surface area contributed by atoms with Crippen molar-refractivity contribution in [2.45, 2.75) is 12.6 Å². The second kappa shape index (κ2) is 7.91. The van der Waals surface area contributed by atoms with E-state index in [0.717, 1.165) is 16.7 Å². The SMILES string of the molecule is O=C(Cn1nc(-c2ccccc2)ccc1=O)NC1c2ccccc2Oc2ccccc21. The van der Waals surface area contributed by atoms with Crippen LogP contribution in [0.1, 0.15) is 17.2 Å². The molecule has 0 spiro atoms. The molecule has 0 unspecified atom stereocenters. The number of aromatic nitrogens is 2. The molecule has 0 fully saturated rings. The normalized spacial score (nSPS) is 12.4. The van der Waals surface area contributed by atoms with E-state index in [2.05, 4.69) is 10.4 Å². The maximum absolute atomic E-state index is 12.9. The highest BCUT2D eigenvalue weighted by Gasteiger charge is 2.28. The molecule has 0 atom stereocenters. The molecular formula is C25H19N3O3. The van der Waals surface area contributed by atoms with Gasteiger partial charge in [-0.25, -0.2) is 4.68 Å². The number of fused-ring (bicyclic) bond motifs is 2. The Morgan fingerprint density at radius 3 is 2.13 bits per heavy atom. The Morgan fingerprint density at radius 2 is 1.45 bits per heavy atom. The van der Waals surface area contributed by atoms with Crippen LogP contribution in [0.25, 0.3) is 11.3 Å². The molecular weight excluding hydrogens is 390 g/mol. The number of rotatable bonds is 4. The van der Waals surface area contributed by atoms with E-state index >= 15 is 0 Å². The highest BCUT2D eigenvalue weighted by Crippen LogP contribution is 2.42. The van der Waals surface area contributed by atoms with Gasteiger partial charge in [-0.1, -0.05) is 66.7 Å². The van der Waals surface area contributed by atoms with Gasteiger partial charge in [-0.05, 0) is 18.2 Å². The second-order valence-electron chi connectivity index (χ2n) is 7.26. The molecule has 152 valence electrons. The molecule has 5 rings (SSSR count). The van der Waals surface area contributed by atoms with E-state index in [1.54, 1.807) is 6.07 Å². The Morgan fingerprint density at radius 1 is 0.839 bits per heavy atom. The van der Waals surface area contributed by atoms with Crippen LogP contribution >= 0.6 is 0 Å². The van der Waals surface area contributed by atoms with Crippen molar-refractivity contribution < 1.29 is 9.53 Å². The van der Waals surface area contributed by atoms with Crippen molar-refractivity contribution in [1.29, 1.82) is 0 Å². The third-order valence-corrected chi connectivity index (χ3v) is 5.21. The second-order valence-corrected chi connectivity index (χ2v) is 7.26. The summed E-state index contributed by atoms with van der Waals surface area (Å²) in [6.07, 6.45) is 0. The van der Waals surface area contributed by atoms with E-state index in [1.165, 1.54) is 10.7 Å². The van der Waals surface area contributed by atoms with Gasteiger partial charge in [0, 0.05) is 22.8 Å². The topological polar surface area (TPSA) is 73.2 Å². The smallest absolute Gasteiger partial charge is 0.267 e. The number of benzene rings is 3. The predicted molar refractivity (Wildman–Crippen MR) is 117 cm³/mol. The van der Waals surface area contributed by atoms with Crippen LogP contribution in [-0.4, -0.2) is 15.7 Å². The van der Waals surface area contributed by atoms with Crippen molar-refractivity contribution in [3.8, 4) is 22.8 Å². The highest BCUT2D eigenvalue weighted by atomic mass is 16.5. The van der Waals surface area contributed by atoms with Crippen LogP contribution in [0.3, 0.4) is 0 Å². The molecule has 0 saturated heterocycles. The van der Waals surface area contributed by atoms with Crippen LogP contribution in [0.5, 0.6) is 11.5 Å². The number of nitrogens with one attached hydrogen (secondary N) is 1. The average molecular weight is 409 g/mol. The first-order valence-electron chi connectivity index (χ1n) is 9.98. The van der Waals surface area contributed by atoms with Gasteiger partial charge in [0.15, 0.2) is 0 Å². The zero-order chi connectivity index (χ0) is 21.2. The fraction of sp³-hybridized carbons (Fsp3) is 0.0800. The number of nitrogens with zero attached hydrogens (tertiary/aromatic N) is 2. The molecule has 1 aliphatic rings. The maximum atomic E-state index is 12.9. The minimum absolute atomic E-state index is 0.179. The van der Waals surface area contributed by atoms with Crippen LogP contribution in [0.15, 0.2) is 95.8 Å². The number of hydrogen-bond donors (Lipinski definition) is 1. The summed E-state index contributed by atoms with van der Waals surface area (Å²) < 4.78 is 7.16. The fourth-order valence-electron chi connectivity index (χ4n) is 3.73. The van der Waals surface area contributed by atoms with E-state index in [1.807, 2.05) is 78.9 Å². The first-order chi connectivity index (χ1) is 15.2. The summed E-state index contributed by atoms with van der Waals surface area (Å²) in [6, 6.07) is 27.5. The lowest BCUT2D eigenvalue weighted by Gasteiger charge is -2.28. The Bertz CT molecular complexity index is 1270. The van der Waals surface area contributed by atoms with Gasteiger partial charge in [-0.2, -0.15) is 5.10 Å². The number of ether oxygens (including phenoxy) is 1. The van der Waals surface area contributed by atoms with Gasteiger partial charge in [0.1, 0.15) is 18.0 Å². The van der Waals surface area contributed by atoms with Gasteiger partial charge in [0.2, 0.25) is 5.91 Å². The van der Waals surface area contributed by atoms with Crippen LogP contribution in [-0.2, 0) is 11.3 Å². The first-order valence-corrected chi connectivity index (χ1v) is 9.98. The highest BCUT2D eigenvalue weighted by molar-refractivity contribution is 5.77. The van der Waals surface area contributed by atoms with Crippen molar-refractivity contribution in [3.05, 3.63) is 112 Å². The zero-order valence-electron chi connectivity index (χ0n) is 16.6. The lowest BCUT2D eigenvalue weighted by molar-refractivity contribution is -0.122. The van der Waals surface area contributed by atoms with Crippen LogP contribution in [0.2, 0.25) is 0 Å². The Labute approximate surface area is 178 Å². The number of hydrogen-bond acceptors (Lipinski definition) is 4. The summed E-state index contributed by atoms with van der Waals surface area (Å²) >= 11 is 0. The van der Waals surface area contributed by atoms with Crippen LogP contribution < -0.4 is 15.6 Å². The van der Waals surface area contributed by atoms with Crippen molar-refractivity contribution in [2.24, 2.45) is 0 Å². The zero-order valence-corrected chi connectivity index (χ0v) is 16.6.